The molecule has 25 heavy (non-hydrogen) atoms. The molecule has 0 spiro atoms. The zero-order valence-electron chi connectivity index (χ0n) is 14.5. The number of benzene rings is 3. The Kier molecular flexibility index (Phi) is 3.65. The summed E-state index contributed by atoms with van der Waals surface area (Å²) in [4.78, 5) is 4.84. The third kappa shape index (κ3) is 2.43. The van der Waals surface area contributed by atoms with Gasteiger partial charge in [-0.3, -0.25) is 4.57 Å². The molecule has 3 aromatic carbocycles. The summed E-state index contributed by atoms with van der Waals surface area (Å²) in [5.74, 6) is 0.563. The van der Waals surface area contributed by atoms with Gasteiger partial charge in [0.25, 0.3) is 0 Å². The Morgan fingerprint density at radius 3 is 2.24 bits per heavy atom. The maximum atomic E-state index is 14.2. The average Bonchev–Trinajstić information content (AvgIpc) is 2.96. The van der Waals surface area contributed by atoms with Crippen molar-refractivity contribution in [3.63, 3.8) is 0 Å². The standard InChI is InChI=1S/C22H19FN2/c1-14-8-6-9-15(2)21(14)25-20-13-5-4-12-19(20)24-22(25)17-10-7-11-18(23)16(17)3/h4-13H,1-3H3. The van der Waals surface area contributed by atoms with Gasteiger partial charge in [0.15, 0.2) is 0 Å². The smallest absolute Gasteiger partial charge is 0.146 e. The molecule has 0 unspecified atom stereocenters. The maximum Gasteiger partial charge on any atom is 0.146 e. The molecule has 0 aliphatic heterocycles. The van der Waals surface area contributed by atoms with E-state index in [0.29, 0.717) is 5.56 Å². The second-order valence-corrected chi connectivity index (χ2v) is 6.41. The Bertz CT molecular complexity index is 1070. The monoisotopic (exact) mass is 330 g/mol. The second kappa shape index (κ2) is 5.85. The average molecular weight is 330 g/mol. The fraction of sp³-hybridized carbons (Fsp3) is 0.136. The fourth-order valence-electron chi connectivity index (χ4n) is 3.44. The summed E-state index contributed by atoms with van der Waals surface area (Å²) < 4.78 is 16.3. The minimum Gasteiger partial charge on any atom is -0.292 e. The van der Waals surface area contributed by atoms with Crippen LogP contribution in [0.15, 0.2) is 60.7 Å². The van der Waals surface area contributed by atoms with Gasteiger partial charge >= 0.3 is 0 Å². The van der Waals surface area contributed by atoms with E-state index in [0.717, 1.165) is 28.1 Å². The minimum absolute atomic E-state index is 0.211. The second-order valence-electron chi connectivity index (χ2n) is 6.41. The van der Waals surface area contributed by atoms with Gasteiger partial charge in [0.2, 0.25) is 0 Å². The highest BCUT2D eigenvalue weighted by Gasteiger charge is 2.19. The van der Waals surface area contributed by atoms with E-state index in [1.54, 1.807) is 13.0 Å². The van der Waals surface area contributed by atoms with E-state index in [1.165, 1.54) is 17.2 Å². The van der Waals surface area contributed by atoms with Crippen molar-refractivity contribution in [2.75, 3.05) is 0 Å². The lowest BCUT2D eigenvalue weighted by molar-refractivity contribution is 0.619. The number of fused-ring (bicyclic) bond motifs is 1. The summed E-state index contributed by atoms with van der Waals surface area (Å²) in [5, 5.41) is 0. The highest BCUT2D eigenvalue weighted by molar-refractivity contribution is 5.84. The molecule has 4 aromatic rings. The molecule has 0 saturated heterocycles. The molecule has 3 heteroatoms. The van der Waals surface area contributed by atoms with Crippen LogP contribution in [0.25, 0.3) is 28.1 Å². The molecule has 2 nitrogen and oxygen atoms in total. The zero-order chi connectivity index (χ0) is 17.6. The van der Waals surface area contributed by atoms with Crippen LogP contribution < -0.4 is 0 Å². The minimum atomic E-state index is -0.211. The number of nitrogens with zero attached hydrogens (tertiary/aromatic N) is 2. The van der Waals surface area contributed by atoms with Gasteiger partial charge in [-0.05, 0) is 55.7 Å². The summed E-state index contributed by atoms with van der Waals surface area (Å²) in [6, 6.07) is 19.5. The predicted octanol–water partition coefficient (Wildman–Crippen LogP) is 5.76. The SMILES string of the molecule is Cc1cccc(C)c1-n1c(-c2cccc(F)c2C)nc2ccccc21. The molecule has 0 amide bonds. The first-order valence-electron chi connectivity index (χ1n) is 8.37. The van der Waals surface area contributed by atoms with Crippen LogP contribution in [0.1, 0.15) is 16.7 Å². The fourth-order valence-corrected chi connectivity index (χ4v) is 3.44. The Morgan fingerprint density at radius 2 is 1.48 bits per heavy atom. The van der Waals surface area contributed by atoms with E-state index in [4.69, 9.17) is 4.98 Å². The molecule has 0 fully saturated rings. The van der Waals surface area contributed by atoms with E-state index >= 15 is 0 Å². The van der Waals surface area contributed by atoms with E-state index in [2.05, 4.69) is 42.7 Å². The van der Waals surface area contributed by atoms with Gasteiger partial charge in [0.05, 0.1) is 16.7 Å². The quantitative estimate of drug-likeness (QED) is 0.457. The van der Waals surface area contributed by atoms with Gasteiger partial charge in [-0.2, -0.15) is 0 Å². The topological polar surface area (TPSA) is 17.8 Å². The molecule has 0 saturated carbocycles. The number of halogens is 1. The van der Waals surface area contributed by atoms with E-state index in [9.17, 15) is 4.39 Å². The number of hydrogen-bond acceptors (Lipinski definition) is 1. The number of para-hydroxylation sites is 3. The zero-order valence-corrected chi connectivity index (χ0v) is 14.5. The molecule has 0 bridgehead atoms. The van der Waals surface area contributed by atoms with Crippen LogP contribution in [0.2, 0.25) is 0 Å². The first-order valence-corrected chi connectivity index (χ1v) is 8.37. The highest BCUT2D eigenvalue weighted by Crippen LogP contribution is 2.33. The van der Waals surface area contributed by atoms with Crippen LogP contribution in [0, 0.1) is 26.6 Å². The van der Waals surface area contributed by atoms with Crippen LogP contribution >= 0.6 is 0 Å². The molecule has 0 N–H and O–H groups in total. The van der Waals surface area contributed by atoms with Crippen molar-refractivity contribution in [3.05, 3.63) is 83.2 Å². The first-order chi connectivity index (χ1) is 12.1. The van der Waals surface area contributed by atoms with Crippen LogP contribution in [-0.2, 0) is 0 Å². The normalized spacial score (nSPS) is 11.2. The highest BCUT2D eigenvalue weighted by atomic mass is 19.1. The Morgan fingerprint density at radius 1 is 0.800 bits per heavy atom. The lowest BCUT2D eigenvalue weighted by atomic mass is 10.1. The summed E-state index contributed by atoms with van der Waals surface area (Å²) >= 11 is 0. The number of rotatable bonds is 2. The Hall–Kier alpha value is -2.94. The molecular weight excluding hydrogens is 311 g/mol. The molecule has 1 heterocycles. The van der Waals surface area contributed by atoms with Crippen molar-refractivity contribution < 1.29 is 4.39 Å². The van der Waals surface area contributed by atoms with E-state index in [1.807, 2.05) is 24.3 Å². The molecule has 4 rings (SSSR count). The van der Waals surface area contributed by atoms with Crippen molar-refractivity contribution in [3.8, 4) is 17.1 Å². The molecule has 0 radical (unpaired) electrons. The Labute approximate surface area is 146 Å². The maximum absolute atomic E-state index is 14.2. The van der Waals surface area contributed by atoms with Crippen molar-refractivity contribution >= 4 is 11.0 Å². The predicted molar refractivity (Wildman–Crippen MR) is 101 cm³/mol. The van der Waals surface area contributed by atoms with Crippen molar-refractivity contribution in [2.24, 2.45) is 0 Å². The number of hydrogen-bond donors (Lipinski definition) is 0. The molecule has 124 valence electrons. The summed E-state index contributed by atoms with van der Waals surface area (Å²) in [6.07, 6.45) is 0. The number of aromatic nitrogens is 2. The first kappa shape index (κ1) is 15.6. The van der Waals surface area contributed by atoms with Crippen molar-refractivity contribution in [2.45, 2.75) is 20.8 Å². The van der Waals surface area contributed by atoms with Gasteiger partial charge in [0, 0.05) is 5.56 Å². The third-order valence-electron chi connectivity index (χ3n) is 4.73. The van der Waals surface area contributed by atoms with Gasteiger partial charge < -0.3 is 0 Å². The third-order valence-corrected chi connectivity index (χ3v) is 4.73. The van der Waals surface area contributed by atoms with Crippen molar-refractivity contribution in [1.29, 1.82) is 0 Å². The van der Waals surface area contributed by atoms with Crippen LogP contribution in [0.5, 0.6) is 0 Å². The largest absolute Gasteiger partial charge is 0.292 e. The van der Waals surface area contributed by atoms with Gasteiger partial charge in [-0.25, -0.2) is 9.37 Å². The Balaban J connectivity index is 2.15. The molecule has 0 aliphatic rings. The molecule has 1 aromatic heterocycles. The van der Waals surface area contributed by atoms with Gasteiger partial charge in [-0.1, -0.05) is 42.5 Å². The van der Waals surface area contributed by atoms with Gasteiger partial charge in [0.1, 0.15) is 11.6 Å². The lowest BCUT2D eigenvalue weighted by Crippen LogP contribution is -2.03. The lowest BCUT2D eigenvalue weighted by Gasteiger charge is -2.16. The summed E-state index contributed by atoms with van der Waals surface area (Å²) in [5.41, 5.74) is 6.80. The van der Waals surface area contributed by atoms with Crippen LogP contribution in [-0.4, -0.2) is 9.55 Å². The van der Waals surface area contributed by atoms with E-state index < -0.39 is 0 Å². The van der Waals surface area contributed by atoms with Crippen LogP contribution in [0.3, 0.4) is 0 Å². The van der Waals surface area contributed by atoms with Crippen LogP contribution in [0.4, 0.5) is 4.39 Å². The molecule has 0 aliphatic carbocycles. The van der Waals surface area contributed by atoms with Crippen molar-refractivity contribution in [1.82, 2.24) is 9.55 Å². The number of imidazole rings is 1. The molecule has 0 atom stereocenters. The summed E-state index contributed by atoms with van der Waals surface area (Å²) in [7, 11) is 0. The van der Waals surface area contributed by atoms with Gasteiger partial charge in [-0.15, -0.1) is 0 Å². The summed E-state index contributed by atoms with van der Waals surface area (Å²) in [6.45, 7) is 6.00. The molecular formula is C22H19FN2. The number of aryl methyl sites for hydroxylation is 2. The van der Waals surface area contributed by atoms with E-state index in [-0.39, 0.29) is 5.82 Å².